The van der Waals surface area contributed by atoms with Gasteiger partial charge in [-0.25, -0.2) is 13.6 Å². The van der Waals surface area contributed by atoms with Crippen LogP contribution in [0.4, 0.5) is 13.2 Å². The van der Waals surface area contributed by atoms with Gasteiger partial charge in [-0.15, -0.1) is 24.0 Å². The van der Waals surface area contributed by atoms with Crippen LogP contribution < -0.4 is 15.8 Å². The average Bonchev–Trinajstić information content (AvgIpc) is 2.98. The lowest BCUT2D eigenvalue weighted by atomic mass is 10.1. The third-order valence-corrected chi connectivity index (χ3v) is 5.13. The highest BCUT2D eigenvalue weighted by Crippen LogP contribution is 2.19. The number of likely N-dealkylation sites (tertiary alicyclic amines) is 1. The number of sulfonamides is 1. The zero-order chi connectivity index (χ0) is 20.1. The van der Waals surface area contributed by atoms with Crippen molar-refractivity contribution in [3.63, 3.8) is 0 Å². The second kappa shape index (κ2) is 10.6. The van der Waals surface area contributed by atoms with E-state index >= 15 is 0 Å². The highest BCUT2D eigenvalue weighted by atomic mass is 127. The predicted molar refractivity (Wildman–Crippen MR) is 112 cm³/mol. The molecule has 2 rings (SSSR count). The second-order valence-electron chi connectivity index (χ2n) is 6.42. The molecule has 1 heterocycles. The largest absolute Gasteiger partial charge is 0.401 e. The third kappa shape index (κ3) is 8.49. The van der Waals surface area contributed by atoms with Crippen LogP contribution >= 0.6 is 24.0 Å². The van der Waals surface area contributed by atoms with Gasteiger partial charge in [0.15, 0.2) is 5.96 Å². The number of halogens is 4. The van der Waals surface area contributed by atoms with E-state index in [1.807, 2.05) is 0 Å². The van der Waals surface area contributed by atoms with Gasteiger partial charge < -0.3 is 10.6 Å². The van der Waals surface area contributed by atoms with Gasteiger partial charge in [0.25, 0.3) is 0 Å². The molecule has 4 N–H and O–H groups in total. The van der Waals surface area contributed by atoms with Gasteiger partial charge in [0.2, 0.25) is 10.0 Å². The topological polar surface area (TPSA) is 99.8 Å². The average molecular weight is 535 g/mol. The van der Waals surface area contributed by atoms with Crippen molar-refractivity contribution in [2.24, 2.45) is 10.1 Å². The molecule has 1 saturated heterocycles. The molecule has 0 spiro atoms. The van der Waals surface area contributed by atoms with Crippen LogP contribution in [0, 0.1) is 0 Å². The Morgan fingerprint density at radius 2 is 1.96 bits per heavy atom. The van der Waals surface area contributed by atoms with Gasteiger partial charge in [0, 0.05) is 32.7 Å². The summed E-state index contributed by atoms with van der Waals surface area (Å²) in [7, 11) is -2.11. The fourth-order valence-electron chi connectivity index (χ4n) is 2.91. The Morgan fingerprint density at radius 3 is 2.50 bits per heavy atom. The van der Waals surface area contributed by atoms with Crippen LogP contribution in [0.25, 0.3) is 0 Å². The predicted octanol–water partition coefficient (Wildman–Crippen LogP) is 1.30. The fraction of sp³-hybridized carbons (Fsp3) is 0.562. The van der Waals surface area contributed by atoms with Gasteiger partial charge >= 0.3 is 6.18 Å². The molecule has 0 amide bonds. The van der Waals surface area contributed by atoms with Crippen molar-refractivity contribution in [3.8, 4) is 0 Å². The number of guanidine groups is 1. The van der Waals surface area contributed by atoms with Gasteiger partial charge in [-0.3, -0.25) is 9.89 Å². The highest BCUT2D eigenvalue weighted by Gasteiger charge is 2.34. The molecule has 12 heteroatoms. The Labute approximate surface area is 180 Å². The monoisotopic (exact) mass is 535 g/mol. The third-order valence-electron chi connectivity index (χ3n) is 4.20. The molecule has 1 aliphatic heterocycles. The van der Waals surface area contributed by atoms with Crippen LogP contribution in [-0.2, 0) is 16.4 Å². The molecule has 28 heavy (non-hydrogen) atoms. The fourth-order valence-corrected chi connectivity index (χ4v) is 3.42. The molecule has 0 radical (unpaired) electrons. The minimum absolute atomic E-state index is 0. The Morgan fingerprint density at radius 1 is 1.32 bits per heavy atom. The molecular formula is C16H25F3IN5O2S. The van der Waals surface area contributed by atoms with Crippen LogP contribution in [0.5, 0.6) is 0 Å². The first-order valence-electron chi connectivity index (χ1n) is 8.45. The lowest BCUT2D eigenvalue weighted by Gasteiger charge is -2.19. The summed E-state index contributed by atoms with van der Waals surface area (Å²) in [5, 5.41) is 11.3. The van der Waals surface area contributed by atoms with E-state index in [9.17, 15) is 21.6 Å². The summed E-state index contributed by atoms with van der Waals surface area (Å²) in [6.07, 6.45) is -2.95. The lowest BCUT2D eigenvalue weighted by Crippen LogP contribution is -2.45. The SMILES string of the molecule is CN=C(NCCc1ccc(S(N)(=O)=O)cc1)NC1CCN(CC(F)(F)F)C1.I. The molecule has 0 bridgehead atoms. The highest BCUT2D eigenvalue weighted by molar-refractivity contribution is 14.0. The second-order valence-corrected chi connectivity index (χ2v) is 7.98. The molecule has 1 aliphatic rings. The number of benzene rings is 1. The first-order chi connectivity index (χ1) is 12.6. The van der Waals surface area contributed by atoms with Crippen LogP contribution in [-0.4, -0.2) is 64.7 Å². The van der Waals surface area contributed by atoms with Gasteiger partial charge in [0.1, 0.15) is 0 Å². The summed E-state index contributed by atoms with van der Waals surface area (Å²) >= 11 is 0. The molecule has 1 aromatic carbocycles. The van der Waals surface area contributed by atoms with Crippen molar-refractivity contribution in [2.45, 2.75) is 30.0 Å². The van der Waals surface area contributed by atoms with Crippen molar-refractivity contribution < 1.29 is 21.6 Å². The van der Waals surface area contributed by atoms with Crippen molar-refractivity contribution in [1.82, 2.24) is 15.5 Å². The molecule has 0 aromatic heterocycles. The maximum absolute atomic E-state index is 12.4. The molecule has 1 aromatic rings. The Hall–Kier alpha value is -1.12. The van der Waals surface area contributed by atoms with Crippen molar-refractivity contribution in [2.75, 3.05) is 33.2 Å². The van der Waals surface area contributed by atoms with Crippen molar-refractivity contribution in [3.05, 3.63) is 29.8 Å². The quantitative estimate of drug-likeness (QED) is 0.290. The number of rotatable bonds is 6. The summed E-state index contributed by atoms with van der Waals surface area (Å²) < 4.78 is 59.8. The minimum Gasteiger partial charge on any atom is -0.356 e. The summed E-state index contributed by atoms with van der Waals surface area (Å²) in [5.41, 5.74) is 0.919. The standard InChI is InChI=1S/C16H24F3N5O2S.HI/c1-21-15(23-13-7-9-24(10-13)11-16(17,18)19)22-8-6-12-2-4-14(5-3-12)27(20,25)26;/h2-5,13H,6-11H2,1H3,(H2,20,25,26)(H2,21,22,23);1H. The molecule has 1 fully saturated rings. The molecule has 7 nitrogen and oxygen atoms in total. The van der Waals surface area contributed by atoms with Gasteiger partial charge in [-0.2, -0.15) is 13.2 Å². The van der Waals surface area contributed by atoms with Gasteiger partial charge in [-0.05, 0) is 30.5 Å². The number of aliphatic imine (C=N–C) groups is 1. The minimum atomic E-state index is -4.19. The summed E-state index contributed by atoms with van der Waals surface area (Å²) in [6.45, 7) is 0.346. The molecule has 1 atom stereocenters. The summed E-state index contributed by atoms with van der Waals surface area (Å²) in [6, 6.07) is 6.18. The summed E-state index contributed by atoms with van der Waals surface area (Å²) in [4.78, 5) is 5.52. The molecule has 0 saturated carbocycles. The van der Waals surface area contributed by atoms with Crippen LogP contribution in [0.3, 0.4) is 0 Å². The Balaban J connectivity index is 0.00000392. The van der Waals surface area contributed by atoms with Gasteiger partial charge in [-0.1, -0.05) is 12.1 Å². The molecule has 1 unspecified atom stereocenters. The van der Waals surface area contributed by atoms with E-state index in [2.05, 4.69) is 15.6 Å². The number of nitrogens with one attached hydrogen (secondary N) is 2. The number of alkyl halides is 3. The zero-order valence-electron chi connectivity index (χ0n) is 15.4. The van der Waals surface area contributed by atoms with Gasteiger partial charge in [0.05, 0.1) is 11.4 Å². The number of hydrogen-bond acceptors (Lipinski definition) is 4. The number of hydrogen-bond donors (Lipinski definition) is 3. The first kappa shape index (κ1) is 24.9. The summed E-state index contributed by atoms with van der Waals surface area (Å²) in [5.74, 6) is 0.523. The number of primary sulfonamides is 1. The van der Waals surface area contributed by atoms with Crippen molar-refractivity contribution in [1.29, 1.82) is 0 Å². The van der Waals surface area contributed by atoms with Crippen LogP contribution in [0.15, 0.2) is 34.2 Å². The maximum atomic E-state index is 12.4. The Bertz CT molecular complexity index is 757. The molecular weight excluding hydrogens is 510 g/mol. The smallest absolute Gasteiger partial charge is 0.356 e. The van der Waals surface area contributed by atoms with Crippen molar-refractivity contribution >= 4 is 40.0 Å². The molecule has 0 aliphatic carbocycles. The normalized spacial score (nSPS) is 18.6. The van der Waals surface area contributed by atoms with Crippen LogP contribution in [0.2, 0.25) is 0 Å². The van der Waals surface area contributed by atoms with E-state index < -0.39 is 22.7 Å². The first-order valence-corrected chi connectivity index (χ1v) is 9.99. The van der Waals surface area contributed by atoms with E-state index in [-0.39, 0.29) is 34.9 Å². The van der Waals surface area contributed by atoms with E-state index in [1.165, 1.54) is 17.0 Å². The zero-order valence-corrected chi connectivity index (χ0v) is 18.5. The lowest BCUT2D eigenvalue weighted by molar-refractivity contribution is -0.143. The Kier molecular flexibility index (Phi) is 9.43. The van der Waals surface area contributed by atoms with Crippen LogP contribution in [0.1, 0.15) is 12.0 Å². The van der Waals surface area contributed by atoms with E-state index in [4.69, 9.17) is 5.14 Å². The van der Waals surface area contributed by atoms with E-state index in [0.29, 0.717) is 38.4 Å². The number of nitrogens with zero attached hydrogens (tertiary/aromatic N) is 2. The van der Waals surface area contributed by atoms with E-state index in [1.54, 1.807) is 19.2 Å². The maximum Gasteiger partial charge on any atom is 0.401 e. The van der Waals surface area contributed by atoms with E-state index in [0.717, 1.165) is 5.56 Å². The number of nitrogens with two attached hydrogens (primary N) is 1. The molecule has 160 valence electrons.